The van der Waals surface area contributed by atoms with Crippen LogP contribution in [-0.4, -0.2) is 21.1 Å². The van der Waals surface area contributed by atoms with Crippen molar-refractivity contribution in [3.63, 3.8) is 0 Å². The summed E-state index contributed by atoms with van der Waals surface area (Å²) in [5, 5.41) is 14.2. The minimum atomic E-state index is -4.88. The zero-order chi connectivity index (χ0) is 16.8. The van der Waals surface area contributed by atoms with E-state index in [1.807, 2.05) is 0 Å². The van der Waals surface area contributed by atoms with Crippen LogP contribution in [0.25, 0.3) is 16.6 Å². The van der Waals surface area contributed by atoms with E-state index in [-0.39, 0.29) is 5.69 Å². The van der Waals surface area contributed by atoms with E-state index in [4.69, 9.17) is 0 Å². The van der Waals surface area contributed by atoms with E-state index in [1.54, 1.807) is 0 Å². The molecule has 0 saturated carbocycles. The Hall–Kier alpha value is -2.66. The molecule has 0 spiro atoms. The number of hydrogen-bond acceptors (Lipinski definition) is 2. The molecule has 0 radical (unpaired) electrons. The molecule has 3 rings (SSSR count). The molecule has 118 valence electrons. The van der Waals surface area contributed by atoms with Crippen LogP contribution in [0.1, 0.15) is 12.5 Å². The summed E-state index contributed by atoms with van der Waals surface area (Å²) in [4.78, 5) is 3.62. The lowest BCUT2D eigenvalue weighted by atomic mass is 9.97. The summed E-state index contributed by atoms with van der Waals surface area (Å²) in [6.07, 6.45) is -0.0809. The van der Waals surface area contributed by atoms with Crippen LogP contribution in [0, 0.1) is 12.0 Å². The first-order chi connectivity index (χ1) is 10.7. The van der Waals surface area contributed by atoms with E-state index >= 15 is 0 Å². The minimum absolute atomic E-state index is 0.199. The molecule has 0 aliphatic rings. The summed E-state index contributed by atoms with van der Waals surface area (Å²) in [6.45, 7) is 0.626. The Balaban J connectivity index is 2.13. The zero-order valence-corrected chi connectivity index (χ0v) is 11.8. The van der Waals surface area contributed by atoms with Crippen LogP contribution in [0.3, 0.4) is 0 Å². The number of fused-ring (bicyclic) bond motifs is 1. The molecule has 1 atom stereocenters. The standard InChI is InChI=1S/C15H10F4N3O/c1-14(23,15(17,18)19)10-5-12(8-20-7-10)22-13-3-2-11(16)4-9(13)6-21-22/h2-6,8,23H,1H3/q+1. The van der Waals surface area contributed by atoms with Gasteiger partial charge in [0.1, 0.15) is 17.1 Å². The smallest absolute Gasteiger partial charge is 0.376 e. The fourth-order valence-corrected chi connectivity index (χ4v) is 2.11. The van der Waals surface area contributed by atoms with Crippen molar-refractivity contribution >= 4 is 10.9 Å². The van der Waals surface area contributed by atoms with E-state index in [1.165, 1.54) is 35.3 Å². The summed E-state index contributed by atoms with van der Waals surface area (Å²) in [6, 6.07) is 5.02. The van der Waals surface area contributed by atoms with Crippen molar-refractivity contribution in [3.05, 3.63) is 54.2 Å². The molecule has 3 aromatic rings. The quantitative estimate of drug-likeness (QED) is 0.736. The second-order valence-electron chi connectivity index (χ2n) is 5.18. The molecule has 0 bridgehead atoms. The van der Waals surface area contributed by atoms with Crippen molar-refractivity contribution in [2.24, 2.45) is 0 Å². The minimum Gasteiger partial charge on any atom is -0.376 e. The highest BCUT2D eigenvalue weighted by molar-refractivity contribution is 5.80. The number of aromatic nitrogens is 3. The molecule has 0 fully saturated rings. The number of benzene rings is 1. The number of halogens is 4. The molecule has 0 saturated heterocycles. The monoisotopic (exact) mass is 324 g/mol. The maximum absolute atomic E-state index is 13.2. The molecule has 1 N–H and O–H groups in total. The Kier molecular flexibility index (Phi) is 3.26. The van der Waals surface area contributed by atoms with Crippen molar-refractivity contribution in [2.75, 3.05) is 0 Å². The molecule has 2 aromatic heterocycles. The van der Waals surface area contributed by atoms with Gasteiger partial charge in [-0.15, -0.1) is 0 Å². The first kappa shape index (κ1) is 15.2. The SMILES string of the molecule is CC(O)(c1c#[n+]cc(-n2ncc3cc(F)ccc32)c1)C(F)(F)F. The van der Waals surface area contributed by atoms with Gasteiger partial charge in [0.15, 0.2) is 5.60 Å². The van der Waals surface area contributed by atoms with E-state index in [0.29, 0.717) is 17.8 Å². The largest absolute Gasteiger partial charge is 0.422 e. The van der Waals surface area contributed by atoms with Crippen LogP contribution < -0.4 is 4.98 Å². The Bertz CT molecular complexity index is 871. The Morgan fingerprint density at radius 1 is 1.26 bits per heavy atom. The summed E-state index contributed by atoms with van der Waals surface area (Å²) in [5.74, 6) is -0.447. The second kappa shape index (κ2) is 4.93. The second-order valence-corrected chi connectivity index (χ2v) is 5.18. The molecule has 0 aliphatic heterocycles. The van der Waals surface area contributed by atoms with Gasteiger partial charge in [0.2, 0.25) is 0 Å². The van der Waals surface area contributed by atoms with Gasteiger partial charge in [0, 0.05) is 5.39 Å². The van der Waals surface area contributed by atoms with Crippen LogP contribution in [0.5, 0.6) is 0 Å². The third-order valence-electron chi connectivity index (χ3n) is 3.53. The third-order valence-corrected chi connectivity index (χ3v) is 3.53. The van der Waals surface area contributed by atoms with Crippen molar-refractivity contribution in [1.82, 2.24) is 9.78 Å². The molecular formula is C15H10F4N3O+. The predicted molar refractivity (Wildman–Crippen MR) is 71.1 cm³/mol. The average molecular weight is 324 g/mol. The fraction of sp³-hybridized carbons (Fsp3) is 0.200. The van der Waals surface area contributed by atoms with E-state index in [9.17, 15) is 22.7 Å². The summed E-state index contributed by atoms with van der Waals surface area (Å²) in [7, 11) is 0. The summed E-state index contributed by atoms with van der Waals surface area (Å²) in [5.41, 5.74) is -2.93. The van der Waals surface area contributed by atoms with Crippen molar-refractivity contribution in [3.8, 4) is 5.69 Å². The van der Waals surface area contributed by atoms with Gasteiger partial charge < -0.3 is 5.11 Å². The predicted octanol–water partition coefficient (Wildman–Crippen LogP) is 2.33. The number of alkyl halides is 3. The Morgan fingerprint density at radius 3 is 2.70 bits per heavy atom. The van der Waals surface area contributed by atoms with Crippen LogP contribution in [0.15, 0.2) is 36.7 Å². The van der Waals surface area contributed by atoms with Crippen molar-refractivity contribution in [2.45, 2.75) is 18.7 Å². The van der Waals surface area contributed by atoms with Gasteiger partial charge in [-0.3, -0.25) is 0 Å². The third kappa shape index (κ3) is 2.49. The van der Waals surface area contributed by atoms with Gasteiger partial charge in [0.25, 0.3) is 0 Å². The van der Waals surface area contributed by atoms with E-state index in [0.717, 1.165) is 6.07 Å². The van der Waals surface area contributed by atoms with Crippen molar-refractivity contribution in [1.29, 1.82) is 0 Å². The maximum atomic E-state index is 13.2. The molecule has 1 unspecified atom stereocenters. The van der Waals surface area contributed by atoms with E-state index < -0.39 is 23.2 Å². The van der Waals surface area contributed by atoms with Crippen LogP contribution in [0.2, 0.25) is 0 Å². The zero-order valence-electron chi connectivity index (χ0n) is 11.8. The van der Waals surface area contributed by atoms with Gasteiger partial charge in [0.05, 0.1) is 11.7 Å². The first-order valence-electron chi connectivity index (χ1n) is 6.51. The maximum Gasteiger partial charge on any atom is 0.422 e. The number of aliphatic hydroxyl groups is 1. The number of nitrogens with zero attached hydrogens (tertiary/aromatic N) is 3. The van der Waals surface area contributed by atoms with Gasteiger partial charge in [-0.2, -0.15) is 18.3 Å². The lowest BCUT2D eigenvalue weighted by molar-refractivity contribution is -0.300. The Morgan fingerprint density at radius 2 is 2.00 bits per heavy atom. The molecular weight excluding hydrogens is 314 g/mol. The average Bonchev–Trinajstić information content (AvgIpc) is 2.89. The molecule has 8 heteroatoms. The van der Waals surface area contributed by atoms with E-state index in [2.05, 4.69) is 16.3 Å². The van der Waals surface area contributed by atoms with Gasteiger partial charge in [-0.05, 0) is 36.2 Å². The van der Waals surface area contributed by atoms with Gasteiger partial charge in [-0.1, -0.05) is 0 Å². The topological polar surface area (TPSA) is 52.1 Å². The van der Waals surface area contributed by atoms with Gasteiger partial charge in [-0.25, -0.2) is 9.07 Å². The van der Waals surface area contributed by atoms with Crippen molar-refractivity contribution < 1.29 is 27.7 Å². The molecule has 23 heavy (non-hydrogen) atoms. The lowest BCUT2D eigenvalue weighted by Gasteiger charge is -2.23. The summed E-state index contributed by atoms with van der Waals surface area (Å²) >= 11 is 0. The number of hydrogen-bond donors (Lipinski definition) is 1. The molecule has 1 aromatic carbocycles. The highest BCUT2D eigenvalue weighted by Crippen LogP contribution is 2.37. The molecule has 4 nitrogen and oxygen atoms in total. The van der Waals surface area contributed by atoms with Crippen LogP contribution >= 0.6 is 0 Å². The number of rotatable bonds is 2. The Labute approximate surface area is 128 Å². The van der Waals surface area contributed by atoms with Gasteiger partial charge >= 0.3 is 18.6 Å². The summed E-state index contributed by atoms with van der Waals surface area (Å²) < 4.78 is 53.3. The van der Waals surface area contributed by atoms with Crippen LogP contribution in [0.4, 0.5) is 17.6 Å². The first-order valence-corrected chi connectivity index (χ1v) is 6.51. The molecule has 0 amide bonds. The molecule has 2 heterocycles. The highest BCUT2D eigenvalue weighted by Gasteiger charge is 2.53. The van der Waals surface area contributed by atoms with Crippen LogP contribution in [-0.2, 0) is 5.60 Å². The normalized spacial score (nSPS) is 14.5. The lowest BCUT2D eigenvalue weighted by Crippen LogP contribution is -2.39. The molecule has 0 aliphatic carbocycles. The fourth-order valence-electron chi connectivity index (χ4n) is 2.11. The highest BCUT2D eigenvalue weighted by atomic mass is 19.4.